The first-order chi connectivity index (χ1) is 7.72. The highest BCUT2D eigenvalue weighted by molar-refractivity contribution is 5.78. The average molecular weight is 219 g/mol. The van der Waals surface area contributed by atoms with Crippen molar-refractivity contribution in [1.82, 2.24) is 20.6 Å². The van der Waals surface area contributed by atoms with Crippen LogP contribution in [0.1, 0.15) is 11.5 Å². The topological polar surface area (TPSA) is 90.7 Å². The molecule has 2 N–H and O–H groups in total. The SMILES string of the molecule is Cc1nccc(CNCC(=O)NCC#N)n1. The number of carbonyl (C=O) groups is 1. The number of rotatable bonds is 5. The summed E-state index contributed by atoms with van der Waals surface area (Å²) in [6, 6.07) is 3.62. The molecule has 0 radical (unpaired) electrons. The maximum Gasteiger partial charge on any atom is 0.234 e. The lowest BCUT2D eigenvalue weighted by molar-refractivity contribution is -0.120. The Balaban J connectivity index is 2.26. The first-order valence-electron chi connectivity index (χ1n) is 4.85. The van der Waals surface area contributed by atoms with Crippen LogP contribution >= 0.6 is 0 Å². The van der Waals surface area contributed by atoms with Crippen molar-refractivity contribution in [2.45, 2.75) is 13.5 Å². The Hall–Kier alpha value is -2.00. The van der Waals surface area contributed by atoms with Crippen molar-refractivity contribution >= 4 is 5.91 Å². The Morgan fingerprint density at radius 1 is 1.62 bits per heavy atom. The lowest BCUT2D eigenvalue weighted by Gasteiger charge is -2.04. The predicted molar refractivity (Wildman–Crippen MR) is 57.1 cm³/mol. The average Bonchev–Trinajstić information content (AvgIpc) is 2.26. The second-order valence-electron chi connectivity index (χ2n) is 3.13. The van der Waals surface area contributed by atoms with Crippen LogP contribution in [0.2, 0.25) is 0 Å². The van der Waals surface area contributed by atoms with Crippen LogP contribution in [0.15, 0.2) is 12.3 Å². The molecule has 6 heteroatoms. The number of nitrogens with one attached hydrogen (secondary N) is 2. The van der Waals surface area contributed by atoms with Gasteiger partial charge in [-0.25, -0.2) is 9.97 Å². The van der Waals surface area contributed by atoms with Crippen molar-refractivity contribution in [3.8, 4) is 6.07 Å². The standard InChI is InChI=1S/C10H13N5O/c1-8-13-4-2-9(15-8)6-12-7-10(16)14-5-3-11/h2,4,12H,5-7H2,1H3,(H,14,16). The van der Waals surface area contributed by atoms with Crippen molar-refractivity contribution in [3.05, 3.63) is 23.8 Å². The summed E-state index contributed by atoms with van der Waals surface area (Å²) in [5, 5.41) is 13.6. The van der Waals surface area contributed by atoms with E-state index in [1.165, 1.54) is 0 Å². The molecule has 0 aliphatic carbocycles. The maximum absolute atomic E-state index is 11.1. The van der Waals surface area contributed by atoms with E-state index >= 15 is 0 Å². The molecule has 84 valence electrons. The lowest BCUT2D eigenvalue weighted by atomic mass is 10.4. The van der Waals surface area contributed by atoms with Gasteiger partial charge in [-0.15, -0.1) is 0 Å². The first kappa shape index (κ1) is 12.1. The quantitative estimate of drug-likeness (QED) is 0.652. The van der Waals surface area contributed by atoms with Crippen LogP contribution < -0.4 is 10.6 Å². The smallest absolute Gasteiger partial charge is 0.234 e. The third-order valence-corrected chi connectivity index (χ3v) is 1.79. The third-order valence-electron chi connectivity index (χ3n) is 1.79. The molecule has 1 aromatic heterocycles. The molecular weight excluding hydrogens is 206 g/mol. The van der Waals surface area contributed by atoms with Gasteiger partial charge in [0.15, 0.2) is 0 Å². The zero-order valence-electron chi connectivity index (χ0n) is 9.03. The van der Waals surface area contributed by atoms with Crippen LogP contribution in [-0.4, -0.2) is 29.0 Å². The third kappa shape index (κ3) is 4.48. The molecule has 0 bridgehead atoms. The Kier molecular flexibility index (Phi) is 4.89. The van der Waals surface area contributed by atoms with Gasteiger partial charge in [0.05, 0.1) is 18.3 Å². The van der Waals surface area contributed by atoms with Crippen LogP contribution in [0, 0.1) is 18.3 Å². The van der Waals surface area contributed by atoms with E-state index in [9.17, 15) is 4.79 Å². The number of hydrogen-bond donors (Lipinski definition) is 2. The van der Waals surface area contributed by atoms with E-state index in [1.54, 1.807) is 12.3 Å². The van der Waals surface area contributed by atoms with E-state index in [0.29, 0.717) is 12.4 Å². The Bertz CT molecular complexity index is 398. The van der Waals surface area contributed by atoms with Crippen molar-refractivity contribution < 1.29 is 4.79 Å². The molecule has 0 atom stereocenters. The van der Waals surface area contributed by atoms with Gasteiger partial charge in [0.1, 0.15) is 12.4 Å². The van der Waals surface area contributed by atoms with Crippen LogP contribution in [0.3, 0.4) is 0 Å². The second kappa shape index (κ2) is 6.48. The molecule has 0 unspecified atom stereocenters. The Morgan fingerprint density at radius 3 is 3.12 bits per heavy atom. The molecule has 0 spiro atoms. The van der Waals surface area contributed by atoms with Crippen molar-refractivity contribution in [2.24, 2.45) is 0 Å². The van der Waals surface area contributed by atoms with Crippen LogP contribution in [0.5, 0.6) is 0 Å². The summed E-state index contributed by atoms with van der Waals surface area (Å²) >= 11 is 0. The minimum absolute atomic E-state index is 0.0348. The number of amides is 1. The number of nitrogens with zero attached hydrogens (tertiary/aromatic N) is 3. The molecule has 1 aromatic rings. The summed E-state index contributed by atoms with van der Waals surface area (Å²) < 4.78 is 0. The maximum atomic E-state index is 11.1. The van der Waals surface area contributed by atoms with Crippen LogP contribution in [0.4, 0.5) is 0 Å². The number of aromatic nitrogens is 2. The molecule has 0 aromatic carbocycles. The van der Waals surface area contributed by atoms with E-state index in [2.05, 4.69) is 20.6 Å². The van der Waals surface area contributed by atoms with Gasteiger partial charge in [-0.05, 0) is 13.0 Å². The molecular formula is C10H13N5O. The largest absolute Gasteiger partial charge is 0.342 e. The summed E-state index contributed by atoms with van der Waals surface area (Å²) in [4.78, 5) is 19.2. The molecule has 6 nitrogen and oxygen atoms in total. The highest BCUT2D eigenvalue weighted by Gasteiger charge is 2.00. The molecule has 1 rings (SSSR count). The first-order valence-corrected chi connectivity index (χ1v) is 4.85. The summed E-state index contributed by atoms with van der Waals surface area (Å²) in [5.74, 6) is 0.501. The predicted octanol–water partition coefficient (Wildman–Crippen LogP) is -0.486. The van der Waals surface area contributed by atoms with Gasteiger partial charge in [0.25, 0.3) is 0 Å². The summed E-state index contributed by atoms with van der Waals surface area (Å²) in [7, 11) is 0. The summed E-state index contributed by atoms with van der Waals surface area (Å²) in [6.45, 7) is 2.52. The zero-order valence-corrected chi connectivity index (χ0v) is 9.03. The fraction of sp³-hybridized carbons (Fsp3) is 0.400. The van der Waals surface area contributed by atoms with E-state index in [1.807, 2.05) is 13.0 Å². The Labute approximate surface area is 93.7 Å². The zero-order chi connectivity index (χ0) is 11.8. The minimum Gasteiger partial charge on any atom is -0.342 e. The molecule has 1 heterocycles. The van der Waals surface area contributed by atoms with Gasteiger partial charge < -0.3 is 10.6 Å². The summed E-state index contributed by atoms with van der Waals surface area (Å²) in [5.41, 5.74) is 0.834. The highest BCUT2D eigenvalue weighted by atomic mass is 16.1. The number of hydrogen-bond acceptors (Lipinski definition) is 5. The van der Waals surface area contributed by atoms with Gasteiger partial charge in [-0.3, -0.25) is 4.79 Å². The minimum atomic E-state index is -0.202. The van der Waals surface area contributed by atoms with E-state index in [-0.39, 0.29) is 19.0 Å². The molecule has 0 fully saturated rings. The molecule has 0 aliphatic rings. The van der Waals surface area contributed by atoms with Crippen molar-refractivity contribution in [3.63, 3.8) is 0 Å². The van der Waals surface area contributed by atoms with Crippen molar-refractivity contribution in [1.29, 1.82) is 5.26 Å². The lowest BCUT2D eigenvalue weighted by Crippen LogP contribution is -2.33. The monoisotopic (exact) mass is 219 g/mol. The van der Waals surface area contributed by atoms with Gasteiger partial charge in [-0.1, -0.05) is 0 Å². The summed E-state index contributed by atoms with van der Waals surface area (Å²) in [6.07, 6.45) is 1.68. The normalized spacial score (nSPS) is 9.50. The van der Waals surface area contributed by atoms with E-state index < -0.39 is 0 Å². The molecule has 0 aliphatic heterocycles. The molecule has 1 amide bonds. The fourth-order valence-corrected chi connectivity index (χ4v) is 1.11. The molecule has 0 saturated carbocycles. The van der Waals surface area contributed by atoms with Crippen LogP contribution in [0.25, 0.3) is 0 Å². The molecule has 16 heavy (non-hydrogen) atoms. The highest BCUT2D eigenvalue weighted by Crippen LogP contribution is 1.93. The van der Waals surface area contributed by atoms with Gasteiger partial charge in [-0.2, -0.15) is 5.26 Å². The molecule has 0 saturated heterocycles. The Morgan fingerprint density at radius 2 is 2.44 bits per heavy atom. The van der Waals surface area contributed by atoms with E-state index in [4.69, 9.17) is 5.26 Å². The number of aryl methyl sites for hydroxylation is 1. The van der Waals surface area contributed by atoms with Crippen molar-refractivity contribution in [2.75, 3.05) is 13.1 Å². The van der Waals surface area contributed by atoms with Gasteiger partial charge in [0.2, 0.25) is 5.91 Å². The number of nitriles is 1. The van der Waals surface area contributed by atoms with E-state index in [0.717, 1.165) is 5.69 Å². The van der Waals surface area contributed by atoms with Gasteiger partial charge >= 0.3 is 0 Å². The fourth-order valence-electron chi connectivity index (χ4n) is 1.11. The van der Waals surface area contributed by atoms with Crippen LogP contribution in [-0.2, 0) is 11.3 Å². The number of carbonyl (C=O) groups excluding carboxylic acids is 1. The second-order valence-corrected chi connectivity index (χ2v) is 3.13. The van der Waals surface area contributed by atoms with Gasteiger partial charge in [0, 0.05) is 12.7 Å².